The van der Waals surface area contributed by atoms with Crippen LogP contribution in [0.5, 0.6) is 5.75 Å². The van der Waals surface area contributed by atoms with Crippen LogP contribution in [0.15, 0.2) is 24.3 Å². The van der Waals surface area contributed by atoms with E-state index in [4.69, 9.17) is 4.74 Å². The van der Waals surface area contributed by atoms with Gasteiger partial charge in [0.1, 0.15) is 11.9 Å². The Morgan fingerprint density at radius 3 is 2.71 bits per heavy atom. The monoisotopic (exact) mass is 258 g/mol. The lowest BCUT2D eigenvalue weighted by atomic mass is 10.1. The molecule has 1 aliphatic rings. The summed E-state index contributed by atoms with van der Waals surface area (Å²) in [4.78, 5) is 10.2. The topological polar surface area (TPSA) is 64.4 Å². The third-order valence-corrected chi connectivity index (χ3v) is 2.62. The van der Waals surface area contributed by atoms with Crippen molar-refractivity contribution in [3.63, 3.8) is 0 Å². The van der Waals surface area contributed by atoms with Gasteiger partial charge in [-0.15, -0.1) is 12.4 Å². The fraction of sp³-hybridized carbons (Fsp3) is 0.455. The number of nitrogens with one attached hydrogen (secondary N) is 1. The van der Waals surface area contributed by atoms with Crippen molar-refractivity contribution in [2.45, 2.75) is 18.9 Å². The molecule has 1 aliphatic heterocycles. The summed E-state index contributed by atoms with van der Waals surface area (Å²) in [5, 5.41) is 13.8. The summed E-state index contributed by atoms with van der Waals surface area (Å²) in [6.45, 7) is 1.89. The SMILES string of the molecule is Cl.O=[N+]([O-])c1cccc(OC2CCNCC2)c1. The highest BCUT2D eigenvalue weighted by Gasteiger charge is 2.15. The van der Waals surface area contributed by atoms with Gasteiger partial charge < -0.3 is 10.1 Å². The zero-order chi connectivity index (χ0) is 11.4. The van der Waals surface area contributed by atoms with Crippen molar-refractivity contribution in [2.24, 2.45) is 0 Å². The third-order valence-electron chi connectivity index (χ3n) is 2.62. The van der Waals surface area contributed by atoms with Crippen LogP contribution in [0.4, 0.5) is 5.69 Å². The van der Waals surface area contributed by atoms with Crippen LogP contribution in [0.1, 0.15) is 12.8 Å². The molecule has 1 aromatic rings. The zero-order valence-corrected chi connectivity index (χ0v) is 10.1. The lowest BCUT2D eigenvalue weighted by Gasteiger charge is -2.23. The Kier molecular flexibility index (Phi) is 5.18. The number of nitro benzene ring substituents is 1. The Hall–Kier alpha value is -1.33. The molecule has 17 heavy (non-hydrogen) atoms. The van der Waals surface area contributed by atoms with Crippen molar-refractivity contribution in [3.05, 3.63) is 34.4 Å². The van der Waals surface area contributed by atoms with Crippen LogP contribution in [0, 0.1) is 10.1 Å². The van der Waals surface area contributed by atoms with Crippen LogP contribution >= 0.6 is 12.4 Å². The normalized spacial score (nSPS) is 16.0. The van der Waals surface area contributed by atoms with Crippen molar-refractivity contribution in [1.29, 1.82) is 0 Å². The van der Waals surface area contributed by atoms with Gasteiger partial charge in [0.05, 0.1) is 11.0 Å². The number of ether oxygens (including phenoxy) is 1. The van der Waals surface area contributed by atoms with Gasteiger partial charge in [0.2, 0.25) is 0 Å². The highest BCUT2D eigenvalue weighted by molar-refractivity contribution is 5.85. The molecule has 0 radical (unpaired) electrons. The molecule has 1 aromatic carbocycles. The maximum atomic E-state index is 10.6. The Morgan fingerprint density at radius 2 is 2.06 bits per heavy atom. The van der Waals surface area contributed by atoms with Gasteiger partial charge in [-0.25, -0.2) is 0 Å². The van der Waals surface area contributed by atoms with Gasteiger partial charge in [0, 0.05) is 6.07 Å². The summed E-state index contributed by atoms with van der Waals surface area (Å²) in [6, 6.07) is 6.35. The predicted molar refractivity (Wildman–Crippen MR) is 66.9 cm³/mol. The molecule has 0 aliphatic carbocycles. The molecule has 0 saturated carbocycles. The first-order valence-corrected chi connectivity index (χ1v) is 5.37. The van der Waals surface area contributed by atoms with Crippen LogP contribution in [-0.4, -0.2) is 24.1 Å². The number of piperidine rings is 1. The third kappa shape index (κ3) is 3.87. The Bertz CT molecular complexity index is 381. The van der Waals surface area contributed by atoms with Crippen molar-refractivity contribution in [2.75, 3.05) is 13.1 Å². The van der Waals surface area contributed by atoms with E-state index in [0.29, 0.717) is 5.75 Å². The lowest BCUT2D eigenvalue weighted by molar-refractivity contribution is -0.384. The molecule has 1 saturated heterocycles. The van der Waals surface area contributed by atoms with Crippen molar-refractivity contribution < 1.29 is 9.66 Å². The predicted octanol–water partition coefficient (Wildman–Crippen LogP) is 2.15. The summed E-state index contributed by atoms with van der Waals surface area (Å²) in [6.07, 6.45) is 2.06. The molecule has 1 N–H and O–H groups in total. The minimum atomic E-state index is -0.407. The van der Waals surface area contributed by atoms with E-state index in [0.717, 1.165) is 25.9 Å². The standard InChI is InChI=1S/C11H14N2O3.ClH/c14-13(15)9-2-1-3-11(8-9)16-10-4-6-12-7-5-10;/h1-3,8,10,12H,4-7H2;1H. The molecule has 5 nitrogen and oxygen atoms in total. The molecule has 0 amide bonds. The highest BCUT2D eigenvalue weighted by Crippen LogP contribution is 2.21. The van der Waals surface area contributed by atoms with Gasteiger partial charge in [0.25, 0.3) is 5.69 Å². The van der Waals surface area contributed by atoms with Crippen molar-refractivity contribution >= 4 is 18.1 Å². The second-order valence-corrected chi connectivity index (χ2v) is 3.82. The number of rotatable bonds is 3. The van der Waals surface area contributed by atoms with Crippen LogP contribution < -0.4 is 10.1 Å². The van der Waals surface area contributed by atoms with Crippen LogP contribution in [-0.2, 0) is 0 Å². The first-order chi connectivity index (χ1) is 7.75. The van der Waals surface area contributed by atoms with E-state index in [1.165, 1.54) is 12.1 Å². The molecule has 0 bridgehead atoms. The second kappa shape index (κ2) is 6.42. The van der Waals surface area contributed by atoms with Crippen molar-refractivity contribution in [3.8, 4) is 5.75 Å². The molecule has 1 heterocycles. The van der Waals surface area contributed by atoms with E-state index in [2.05, 4.69) is 5.32 Å². The minimum Gasteiger partial charge on any atom is -0.490 e. The molecule has 2 rings (SSSR count). The number of halogens is 1. The summed E-state index contributed by atoms with van der Waals surface area (Å²) in [7, 11) is 0. The lowest BCUT2D eigenvalue weighted by Crippen LogP contribution is -2.34. The quantitative estimate of drug-likeness (QED) is 0.666. The molecule has 0 atom stereocenters. The molecular weight excluding hydrogens is 244 g/mol. The number of benzene rings is 1. The number of nitro groups is 1. The van der Waals surface area contributed by atoms with E-state index in [9.17, 15) is 10.1 Å². The Balaban J connectivity index is 0.00000144. The number of nitrogens with zero attached hydrogens (tertiary/aromatic N) is 1. The van der Waals surface area contributed by atoms with E-state index in [-0.39, 0.29) is 24.2 Å². The summed E-state index contributed by atoms with van der Waals surface area (Å²) in [5.41, 5.74) is 0.0754. The molecule has 94 valence electrons. The van der Waals surface area contributed by atoms with Crippen LogP contribution in [0.25, 0.3) is 0 Å². The zero-order valence-electron chi connectivity index (χ0n) is 9.30. The molecule has 0 aromatic heterocycles. The Labute approximate surface area is 106 Å². The summed E-state index contributed by atoms with van der Waals surface area (Å²) in [5.74, 6) is 0.584. The van der Waals surface area contributed by atoms with Gasteiger partial charge >= 0.3 is 0 Å². The van der Waals surface area contributed by atoms with Gasteiger partial charge in [0.15, 0.2) is 0 Å². The fourth-order valence-electron chi connectivity index (χ4n) is 1.78. The fourth-order valence-corrected chi connectivity index (χ4v) is 1.78. The maximum absolute atomic E-state index is 10.6. The average molecular weight is 259 g/mol. The molecule has 0 unspecified atom stereocenters. The largest absolute Gasteiger partial charge is 0.490 e. The van der Waals surface area contributed by atoms with Crippen molar-refractivity contribution in [1.82, 2.24) is 5.32 Å². The van der Waals surface area contributed by atoms with Gasteiger partial charge in [-0.3, -0.25) is 10.1 Å². The maximum Gasteiger partial charge on any atom is 0.273 e. The number of non-ortho nitro benzene ring substituents is 1. The number of hydrogen-bond donors (Lipinski definition) is 1. The second-order valence-electron chi connectivity index (χ2n) is 3.82. The van der Waals surface area contributed by atoms with E-state index in [1.807, 2.05) is 0 Å². The van der Waals surface area contributed by atoms with Gasteiger partial charge in [-0.05, 0) is 32.0 Å². The smallest absolute Gasteiger partial charge is 0.273 e. The first-order valence-electron chi connectivity index (χ1n) is 5.37. The van der Waals surface area contributed by atoms with Crippen LogP contribution in [0.3, 0.4) is 0 Å². The van der Waals surface area contributed by atoms with Gasteiger partial charge in [-0.2, -0.15) is 0 Å². The first kappa shape index (κ1) is 13.7. The molecule has 0 spiro atoms. The van der Waals surface area contributed by atoms with Crippen LogP contribution in [0.2, 0.25) is 0 Å². The van der Waals surface area contributed by atoms with Gasteiger partial charge in [-0.1, -0.05) is 6.07 Å². The molecule has 1 fully saturated rings. The number of hydrogen-bond acceptors (Lipinski definition) is 4. The average Bonchev–Trinajstić information content (AvgIpc) is 2.30. The molecular formula is C11H15ClN2O3. The van der Waals surface area contributed by atoms with E-state index in [1.54, 1.807) is 12.1 Å². The summed E-state index contributed by atoms with van der Waals surface area (Å²) >= 11 is 0. The van der Waals surface area contributed by atoms with E-state index >= 15 is 0 Å². The highest BCUT2D eigenvalue weighted by atomic mass is 35.5. The summed E-state index contributed by atoms with van der Waals surface area (Å²) < 4.78 is 5.70. The minimum absolute atomic E-state index is 0. The van der Waals surface area contributed by atoms with E-state index < -0.39 is 4.92 Å². The molecule has 6 heteroatoms. The Morgan fingerprint density at radius 1 is 1.35 bits per heavy atom.